The molecule has 3 heterocycles. The summed E-state index contributed by atoms with van der Waals surface area (Å²) in [6.45, 7) is 1.07. The molecular weight excluding hydrogens is 431 g/mol. The molecule has 7 nitrogen and oxygen atoms in total. The topological polar surface area (TPSA) is 90.0 Å². The molecule has 1 saturated heterocycles. The lowest BCUT2D eigenvalue weighted by molar-refractivity contribution is -0.00973. The summed E-state index contributed by atoms with van der Waals surface area (Å²) in [6, 6.07) is 13.6. The Hall–Kier alpha value is -3.23. The van der Waals surface area contributed by atoms with Crippen molar-refractivity contribution in [3.05, 3.63) is 59.4 Å². The number of halogens is 2. The maximum atomic E-state index is 13.8. The van der Waals surface area contributed by atoms with Crippen molar-refractivity contribution in [3.8, 4) is 11.4 Å². The van der Waals surface area contributed by atoms with Crippen LogP contribution in [0.1, 0.15) is 12.8 Å². The van der Waals surface area contributed by atoms with E-state index >= 15 is 0 Å². The van der Waals surface area contributed by atoms with Crippen LogP contribution >= 0.6 is 11.6 Å². The van der Waals surface area contributed by atoms with Crippen molar-refractivity contribution in [1.29, 1.82) is 0 Å². The Kier molecular flexibility index (Phi) is 4.34. The largest absolute Gasteiger partial charge is 0.386 e. The molecule has 0 spiro atoms. The zero-order valence-corrected chi connectivity index (χ0v) is 17.8. The maximum Gasteiger partial charge on any atom is 0.165 e. The average molecular weight is 451 g/mol. The number of aliphatic hydroxyl groups is 1. The van der Waals surface area contributed by atoms with E-state index in [-0.39, 0.29) is 5.82 Å². The molecule has 4 aromatic rings. The Morgan fingerprint density at radius 1 is 1.12 bits per heavy atom. The smallest absolute Gasteiger partial charge is 0.165 e. The Labute approximate surface area is 188 Å². The van der Waals surface area contributed by atoms with E-state index in [0.29, 0.717) is 63.8 Å². The predicted octanol–water partition coefficient (Wildman–Crippen LogP) is 4.52. The van der Waals surface area contributed by atoms with Gasteiger partial charge >= 0.3 is 0 Å². The predicted molar refractivity (Wildman–Crippen MR) is 122 cm³/mol. The van der Waals surface area contributed by atoms with Gasteiger partial charge in [0.1, 0.15) is 23.1 Å². The fourth-order valence-electron chi connectivity index (χ4n) is 4.28. The van der Waals surface area contributed by atoms with Crippen LogP contribution in [0.2, 0.25) is 5.02 Å². The quantitative estimate of drug-likeness (QED) is 0.414. The van der Waals surface area contributed by atoms with E-state index in [9.17, 15) is 9.50 Å². The average Bonchev–Trinajstić information content (AvgIpc) is 3.55. The summed E-state index contributed by atoms with van der Waals surface area (Å²) < 4.78 is 13.8. The van der Waals surface area contributed by atoms with Crippen molar-refractivity contribution in [2.75, 3.05) is 23.3 Å². The molecule has 9 heteroatoms. The highest BCUT2D eigenvalue weighted by Crippen LogP contribution is 2.45. The number of rotatable bonds is 5. The molecule has 0 bridgehead atoms. The molecule has 2 aromatic heterocycles. The number of fused-ring (bicyclic) bond motifs is 1. The first-order valence-electron chi connectivity index (χ1n) is 10.5. The molecule has 3 N–H and O–H groups in total. The molecule has 1 aliphatic carbocycles. The van der Waals surface area contributed by atoms with Gasteiger partial charge in [0.15, 0.2) is 11.6 Å². The van der Waals surface area contributed by atoms with Crippen LogP contribution in [0.15, 0.2) is 48.5 Å². The molecule has 1 aliphatic heterocycles. The monoisotopic (exact) mass is 450 g/mol. The van der Waals surface area contributed by atoms with Crippen LogP contribution in [-0.2, 0) is 0 Å². The maximum absolute atomic E-state index is 13.8. The van der Waals surface area contributed by atoms with E-state index in [1.54, 1.807) is 12.1 Å². The van der Waals surface area contributed by atoms with Crippen LogP contribution in [0.4, 0.5) is 21.8 Å². The first-order chi connectivity index (χ1) is 15.5. The Morgan fingerprint density at radius 3 is 2.72 bits per heavy atom. The standard InChI is InChI=1S/C23H20ClFN6O/c24-17-4-2-1-3-15(17)21-26-19(27-22-16-9-14(25)7-8-18(16)29-30-22)10-20(28-21)31-11-23(32,12-31)13-5-6-13/h1-4,7-10,13,32H,5-6,11-12H2,(H2,26,27,28,29,30). The third-order valence-electron chi connectivity index (χ3n) is 6.19. The highest BCUT2D eigenvalue weighted by molar-refractivity contribution is 6.33. The lowest BCUT2D eigenvalue weighted by Gasteiger charge is -2.47. The van der Waals surface area contributed by atoms with E-state index in [0.717, 1.165) is 12.8 Å². The number of nitrogens with zero attached hydrogens (tertiary/aromatic N) is 4. The Morgan fingerprint density at radius 2 is 1.94 bits per heavy atom. The van der Waals surface area contributed by atoms with E-state index in [2.05, 4.69) is 20.5 Å². The van der Waals surface area contributed by atoms with Gasteiger partial charge in [0, 0.05) is 17.0 Å². The van der Waals surface area contributed by atoms with Gasteiger partial charge in [0.2, 0.25) is 0 Å². The minimum Gasteiger partial charge on any atom is -0.386 e. The van der Waals surface area contributed by atoms with Crippen molar-refractivity contribution >= 4 is 40.0 Å². The van der Waals surface area contributed by atoms with Gasteiger partial charge in [-0.3, -0.25) is 5.10 Å². The van der Waals surface area contributed by atoms with Gasteiger partial charge < -0.3 is 15.3 Å². The van der Waals surface area contributed by atoms with Gasteiger partial charge in [-0.25, -0.2) is 14.4 Å². The molecule has 162 valence electrons. The minimum atomic E-state index is -0.640. The summed E-state index contributed by atoms with van der Waals surface area (Å²) in [5.74, 6) is 2.16. The molecule has 6 rings (SSSR count). The number of aromatic nitrogens is 4. The van der Waals surface area contributed by atoms with Crippen LogP contribution in [0.5, 0.6) is 0 Å². The number of aromatic amines is 1. The van der Waals surface area contributed by atoms with Gasteiger partial charge in [0.25, 0.3) is 0 Å². The minimum absolute atomic E-state index is 0.345. The number of hydrogen-bond donors (Lipinski definition) is 3. The lowest BCUT2D eigenvalue weighted by Crippen LogP contribution is -2.63. The second-order valence-corrected chi connectivity index (χ2v) is 8.94. The molecule has 0 radical (unpaired) electrons. The molecule has 2 aliphatic rings. The van der Waals surface area contributed by atoms with E-state index in [1.165, 1.54) is 12.1 Å². The van der Waals surface area contributed by atoms with Gasteiger partial charge in [-0.15, -0.1) is 0 Å². The van der Waals surface area contributed by atoms with E-state index in [1.807, 2.05) is 29.2 Å². The molecular formula is C23H20ClFN6O. The number of nitrogens with one attached hydrogen (secondary N) is 2. The summed E-state index contributed by atoms with van der Waals surface area (Å²) in [5, 5.41) is 22.3. The fraction of sp³-hybridized carbons (Fsp3) is 0.261. The number of benzene rings is 2. The zero-order chi connectivity index (χ0) is 21.9. The normalized spacial score (nSPS) is 17.4. The second-order valence-electron chi connectivity index (χ2n) is 8.54. The Balaban J connectivity index is 1.39. The van der Waals surface area contributed by atoms with Crippen molar-refractivity contribution < 1.29 is 9.50 Å². The van der Waals surface area contributed by atoms with E-state index in [4.69, 9.17) is 16.6 Å². The number of H-pyrrole nitrogens is 1. The highest BCUT2D eigenvalue weighted by atomic mass is 35.5. The third-order valence-corrected chi connectivity index (χ3v) is 6.52. The summed E-state index contributed by atoms with van der Waals surface area (Å²) in [7, 11) is 0. The number of hydrogen-bond acceptors (Lipinski definition) is 6. The van der Waals surface area contributed by atoms with Crippen molar-refractivity contribution in [2.24, 2.45) is 5.92 Å². The van der Waals surface area contributed by atoms with Crippen molar-refractivity contribution in [1.82, 2.24) is 20.2 Å². The van der Waals surface area contributed by atoms with Gasteiger partial charge in [-0.05, 0) is 49.1 Å². The molecule has 32 heavy (non-hydrogen) atoms. The number of β-amino-alcohol motifs (C(OH)–C–C–N with tert-alkyl or cyclic N) is 1. The van der Waals surface area contributed by atoms with E-state index < -0.39 is 5.60 Å². The van der Waals surface area contributed by atoms with Crippen molar-refractivity contribution in [2.45, 2.75) is 18.4 Å². The van der Waals surface area contributed by atoms with Gasteiger partial charge in [-0.1, -0.05) is 23.7 Å². The third kappa shape index (κ3) is 3.36. The SMILES string of the molecule is OC1(C2CC2)CN(c2cc(Nc3n[nH]c4ccc(F)cc34)nc(-c3ccccc3Cl)n2)C1. The molecule has 1 saturated carbocycles. The summed E-state index contributed by atoms with van der Waals surface area (Å²) in [6.07, 6.45) is 2.16. The molecule has 0 unspecified atom stereocenters. The first-order valence-corrected chi connectivity index (χ1v) is 10.9. The molecule has 2 aromatic carbocycles. The highest BCUT2D eigenvalue weighted by Gasteiger charge is 2.52. The van der Waals surface area contributed by atoms with Crippen LogP contribution < -0.4 is 10.2 Å². The van der Waals surface area contributed by atoms with Crippen LogP contribution in [0, 0.1) is 11.7 Å². The molecule has 0 atom stereocenters. The van der Waals surface area contributed by atoms with Crippen molar-refractivity contribution in [3.63, 3.8) is 0 Å². The number of anilines is 3. The van der Waals surface area contributed by atoms with Gasteiger partial charge in [0.05, 0.1) is 23.6 Å². The fourth-order valence-corrected chi connectivity index (χ4v) is 4.50. The molecule has 2 fully saturated rings. The zero-order valence-electron chi connectivity index (χ0n) is 17.0. The second kappa shape index (κ2) is 7.15. The lowest BCUT2D eigenvalue weighted by atomic mass is 9.89. The first kappa shape index (κ1) is 19.5. The Bertz CT molecular complexity index is 1330. The summed E-state index contributed by atoms with van der Waals surface area (Å²) in [4.78, 5) is 11.4. The van der Waals surface area contributed by atoms with Crippen LogP contribution in [-0.4, -0.2) is 44.0 Å². The van der Waals surface area contributed by atoms with Crippen LogP contribution in [0.3, 0.4) is 0 Å². The van der Waals surface area contributed by atoms with Gasteiger partial charge in [-0.2, -0.15) is 5.10 Å². The summed E-state index contributed by atoms with van der Waals surface area (Å²) >= 11 is 6.41. The van der Waals surface area contributed by atoms with Crippen LogP contribution in [0.25, 0.3) is 22.3 Å². The summed E-state index contributed by atoms with van der Waals surface area (Å²) in [5.41, 5.74) is 0.778. The molecule has 0 amide bonds.